The van der Waals surface area contributed by atoms with Gasteiger partial charge in [-0.25, -0.2) is 4.79 Å². The summed E-state index contributed by atoms with van der Waals surface area (Å²) < 4.78 is 5.24. The van der Waals surface area contributed by atoms with E-state index < -0.39 is 6.10 Å². The third kappa shape index (κ3) is 3.74. The molecule has 0 spiro atoms. The maximum Gasteiger partial charge on any atom is 0.322 e. The Morgan fingerprint density at radius 2 is 2.33 bits per heavy atom. The van der Waals surface area contributed by atoms with Gasteiger partial charge in [-0.3, -0.25) is 0 Å². The van der Waals surface area contributed by atoms with Crippen molar-refractivity contribution >= 4 is 23.3 Å². The largest absolute Gasteiger partial charge is 0.467 e. The van der Waals surface area contributed by atoms with Gasteiger partial charge < -0.3 is 19.7 Å². The summed E-state index contributed by atoms with van der Waals surface area (Å²) in [5, 5.41) is 13.8. The highest BCUT2D eigenvalue weighted by Gasteiger charge is 2.31. The van der Waals surface area contributed by atoms with Crippen LogP contribution in [0, 0.1) is 6.92 Å². The standard InChI is InChI=1S/C18H21ClN2O3/c1-12-6-7-13(10-15(12)19)20-18(23)21-8-2-4-14(21)11-16(22)17-5-3-9-24-17/h3,5-7,9-10,14,16,22H,2,4,8,11H2,1H3,(H,20,23). The molecule has 6 heteroatoms. The Labute approximate surface area is 146 Å². The van der Waals surface area contributed by atoms with Crippen molar-refractivity contribution < 1.29 is 14.3 Å². The number of urea groups is 1. The minimum Gasteiger partial charge on any atom is -0.467 e. The Hall–Kier alpha value is -1.98. The number of carbonyl (C=O) groups is 1. The number of hydrogen-bond acceptors (Lipinski definition) is 3. The molecular formula is C18H21ClN2O3. The first kappa shape index (κ1) is 16.9. The lowest BCUT2D eigenvalue weighted by atomic mass is 10.1. The number of nitrogens with zero attached hydrogens (tertiary/aromatic N) is 1. The van der Waals surface area contributed by atoms with E-state index in [1.165, 1.54) is 0 Å². The Morgan fingerprint density at radius 1 is 1.50 bits per heavy atom. The molecule has 1 aromatic carbocycles. The third-order valence-electron chi connectivity index (χ3n) is 4.43. The highest BCUT2D eigenvalue weighted by Crippen LogP contribution is 2.28. The molecule has 1 aromatic heterocycles. The summed E-state index contributed by atoms with van der Waals surface area (Å²) in [4.78, 5) is 14.3. The van der Waals surface area contributed by atoms with Crippen LogP contribution in [0.5, 0.6) is 0 Å². The van der Waals surface area contributed by atoms with E-state index >= 15 is 0 Å². The minimum atomic E-state index is -0.702. The van der Waals surface area contributed by atoms with Crippen molar-refractivity contribution in [1.29, 1.82) is 0 Å². The fraction of sp³-hybridized carbons (Fsp3) is 0.389. The molecule has 2 atom stereocenters. The van der Waals surface area contributed by atoms with E-state index in [-0.39, 0.29) is 12.1 Å². The normalized spacial score (nSPS) is 18.6. The molecule has 24 heavy (non-hydrogen) atoms. The number of rotatable bonds is 4. The summed E-state index contributed by atoms with van der Waals surface area (Å²) in [6.07, 6.45) is 3.11. The minimum absolute atomic E-state index is 0.00831. The van der Waals surface area contributed by atoms with Crippen molar-refractivity contribution in [2.24, 2.45) is 0 Å². The summed E-state index contributed by atoms with van der Waals surface area (Å²) in [7, 11) is 0. The fourth-order valence-corrected chi connectivity index (χ4v) is 3.25. The van der Waals surface area contributed by atoms with Crippen LogP contribution < -0.4 is 5.32 Å². The molecule has 1 aliphatic heterocycles. The maximum absolute atomic E-state index is 12.6. The van der Waals surface area contributed by atoms with Crippen LogP contribution in [0.15, 0.2) is 41.0 Å². The van der Waals surface area contributed by atoms with E-state index in [9.17, 15) is 9.90 Å². The predicted octanol–water partition coefficient (Wildman–Crippen LogP) is 4.36. The third-order valence-corrected chi connectivity index (χ3v) is 4.84. The molecule has 5 nitrogen and oxygen atoms in total. The smallest absolute Gasteiger partial charge is 0.322 e. The first-order chi connectivity index (χ1) is 11.5. The number of carbonyl (C=O) groups excluding carboxylic acids is 1. The van der Waals surface area contributed by atoms with Gasteiger partial charge in [-0.05, 0) is 49.6 Å². The van der Waals surface area contributed by atoms with E-state index in [0.29, 0.717) is 29.4 Å². The van der Waals surface area contributed by atoms with Gasteiger partial charge in [0.25, 0.3) is 0 Å². The predicted molar refractivity (Wildman–Crippen MR) is 93.2 cm³/mol. The first-order valence-electron chi connectivity index (χ1n) is 8.10. The molecule has 1 aliphatic rings. The lowest BCUT2D eigenvalue weighted by Crippen LogP contribution is -2.39. The molecule has 1 fully saturated rings. The number of aryl methyl sites for hydroxylation is 1. The molecule has 2 aromatic rings. The van der Waals surface area contributed by atoms with Gasteiger partial charge in [0, 0.05) is 29.7 Å². The van der Waals surface area contributed by atoms with Gasteiger partial charge in [-0.15, -0.1) is 0 Å². The molecule has 2 unspecified atom stereocenters. The van der Waals surface area contributed by atoms with Crippen molar-refractivity contribution in [3.63, 3.8) is 0 Å². The molecule has 2 heterocycles. The van der Waals surface area contributed by atoms with Crippen molar-refractivity contribution in [1.82, 2.24) is 4.90 Å². The lowest BCUT2D eigenvalue weighted by molar-refractivity contribution is 0.110. The summed E-state index contributed by atoms with van der Waals surface area (Å²) in [5.41, 5.74) is 1.64. The van der Waals surface area contributed by atoms with Crippen LogP contribution in [0.4, 0.5) is 10.5 Å². The van der Waals surface area contributed by atoms with Crippen LogP contribution in [-0.2, 0) is 0 Å². The highest BCUT2D eigenvalue weighted by atomic mass is 35.5. The number of aliphatic hydroxyl groups excluding tert-OH is 1. The molecule has 2 N–H and O–H groups in total. The molecule has 128 valence electrons. The number of aliphatic hydroxyl groups is 1. The molecule has 0 bridgehead atoms. The van der Waals surface area contributed by atoms with Gasteiger partial charge in [0.1, 0.15) is 11.9 Å². The molecule has 0 radical (unpaired) electrons. The van der Waals surface area contributed by atoms with Crippen LogP contribution in [0.2, 0.25) is 5.02 Å². The molecular weight excluding hydrogens is 328 g/mol. The average Bonchev–Trinajstić information content (AvgIpc) is 3.22. The first-order valence-corrected chi connectivity index (χ1v) is 8.47. The van der Waals surface area contributed by atoms with Crippen molar-refractivity contribution in [2.45, 2.75) is 38.3 Å². The lowest BCUT2D eigenvalue weighted by Gasteiger charge is -2.26. The number of hydrogen-bond donors (Lipinski definition) is 2. The molecule has 0 saturated carbocycles. The Balaban J connectivity index is 1.63. The Morgan fingerprint density at radius 3 is 3.04 bits per heavy atom. The number of benzene rings is 1. The van der Waals surface area contributed by atoms with Crippen molar-refractivity contribution in [3.05, 3.63) is 52.9 Å². The fourth-order valence-electron chi connectivity index (χ4n) is 3.07. The van der Waals surface area contributed by atoms with E-state index in [2.05, 4.69) is 5.32 Å². The second-order valence-electron chi connectivity index (χ2n) is 6.15. The average molecular weight is 349 g/mol. The van der Waals surface area contributed by atoms with Crippen LogP contribution in [0.1, 0.15) is 36.7 Å². The molecule has 1 saturated heterocycles. The van der Waals surface area contributed by atoms with Crippen molar-refractivity contribution in [2.75, 3.05) is 11.9 Å². The highest BCUT2D eigenvalue weighted by molar-refractivity contribution is 6.31. The van der Waals surface area contributed by atoms with E-state index in [1.54, 1.807) is 29.4 Å². The SMILES string of the molecule is Cc1ccc(NC(=O)N2CCCC2CC(O)c2ccco2)cc1Cl. The van der Waals surface area contributed by atoms with Gasteiger partial charge in [0.2, 0.25) is 0 Å². The molecule has 2 amide bonds. The van der Waals surface area contributed by atoms with Crippen molar-refractivity contribution in [3.8, 4) is 0 Å². The van der Waals surface area contributed by atoms with Gasteiger partial charge in [0.05, 0.1) is 6.26 Å². The zero-order valence-electron chi connectivity index (χ0n) is 13.5. The summed E-state index contributed by atoms with van der Waals surface area (Å²) in [5.74, 6) is 0.535. The summed E-state index contributed by atoms with van der Waals surface area (Å²) in [6, 6.07) is 8.78. The maximum atomic E-state index is 12.6. The topological polar surface area (TPSA) is 65.7 Å². The summed E-state index contributed by atoms with van der Waals surface area (Å²) in [6.45, 7) is 2.60. The number of amides is 2. The monoisotopic (exact) mass is 348 g/mol. The van der Waals surface area contributed by atoms with Crippen LogP contribution >= 0.6 is 11.6 Å². The number of likely N-dealkylation sites (tertiary alicyclic amines) is 1. The van der Waals surface area contributed by atoms with Gasteiger partial charge in [-0.2, -0.15) is 0 Å². The molecule has 3 rings (SSSR count). The van der Waals surface area contributed by atoms with Gasteiger partial charge >= 0.3 is 6.03 Å². The van der Waals surface area contributed by atoms with E-state index in [4.69, 9.17) is 16.0 Å². The van der Waals surface area contributed by atoms with Crippen LogP contribution in [0.3, 0.4) is 0 Å². The van der Waals surface area contributed by atoms with Gasteiger partial charge in [-0.1, -0.05) is 17.7 Å². The number of nitrogens with one attached hydrogen (secondary N) is 1. The van der Waals surface area contributed by atoms with Crippen LogP contribution in [-0.4, -0.2) is 28.6 Å². The summed E-state index contributed by atoms with van der Waals surface area (Å²) >= 11 is 6.10. The number of furan rings is 1. The zero-order valence-corrected chi connectivity index (χ0v) is 14.3. The van der Waals surface area contributed by atoms with E-state index in [0.717, 1.165) is 18.4 Å². The van der Waals surface area contributed by atoms with Crippen LogP contribution in [0.25, 0.3) is 0 Å². The second-order valence-corrected chi connectivity index (χ2v) is 6.56. The number of anilines is 1. The second kappa shape index (κ2) is 7.28. The molecule has 0 aliphatic carbocycles. The number of halogens is 1. The quantitative estimate of drug-likeness (QED) is 0.862. The van der Waals surface area contributed by atoms with Gasteiger partial charge in [0.15, 0.2) is 0 Å². The zero-order chi connectivity index (χ0) is 17.1. The van der Waals surface area contributed by atoms with E-state index in [1.807, 2.05) is 19.1 Å². The Bertz CT molecular complexity index is 702. The Kier molecular flexibility index (Phi) is 5.11.